The number of nitrogens with one attached hydrogen (secondary N) is 1. The van der Waals surface area contributed by atoms with Gasteiger partial charge in [-0.25, -0.2) is 18.1 Å². The minimum Gasteiger partial charge on any atom is -0.494 e. The van der Waals surface area contributed by atoms with Crippen LogP contribution >= 0.6 is 0 Å². The number of rotatable bonds is 11. The van der Waals surface area contributed by atoms with E-state index < -0.39 is 17.9 Å². The lowest BCUT2D eigenvalue weighted by Crippen LogP contribution is -2.49. The van der Waals surface area contributed by atoms with Gasteiger partial charge in [0.2, 0.25) is 17.2 Å². The smallest absolute Gasteiger partial charge is 0.245 e. The zero-order valence-corrected chi connectivity index (χ0v) is 25.6. The summed E-state index contributed by atoms with van der Waals surface area (Å²) in [4.78, 5) is 9.50. The van der Waals surface area contributed by atoms with Gasteiger partial charge in [-0.15, -0.1) is 5.10 Å². The van der Waals surface area contributed by atoms with Crippen LogP contribution in [0.15, 0.2) is 60.8 Å². The summed E-state index contributed by atoms with van der Waals surface area (Å²) in [5.41, 5.74) is 5.05. The molecule has 1 atom stereocenters. The molecule has 13 heteroatoms. The number of anilines is 3. The van der Waals surface area contributed by atoms with Gasteiger partial charge in [0.1, 0.15) is 12.4 Å². The Bertz CT molecular complexity index is 1590. The number of ether oxygens (including phenoxy) is 2. The molecule has 2 aliphatic rings. The van der Waals surface area contributed by atoms with Crippen LogP contribution in [0, 0.1) is 0 Å². The SMILES string of the molecule is COc1cc(N2CCC(N3CCOCC3)CC2)ccc1Nc1ncc2ccc(-c3ccccc3CN(CCF)S(=O)O)n2n1. The average molecular weight is 624 g/mol. The average Bonchev–Trinajstić information content (AvgIpc) is 3.48. The molecule has 0 radical (unpaired) electrons. The largest absolute Gasteiger partial charge is 0.494 e. The summed E-state index contributed by atoms with van der Waals surface area (Å²) in [6, 6.07) is 18.1. The van der Waals surface area contributed by atoms with Crippen LogP contribution in [-0.4, -0.2) is 98.3 Å². The molecule has 2 aromatic heterocycles. The molecule has 44 heavy (non-hydrogen) atoms. The van der Waals surface area contributed by atoms with Gasteiger partial charge in [0, 0.05) is 62.6 Å². The normalized spacial score (nSPS) is 17.3. The molecule has 0 bridgehead atoms. The van der Waals surface area contributed by atoms with Crippen molar-refractivity contribution < 1.29 is 22.6 Å². The topological polar surface area (TPSA) is 108 Å². The van der Waals surface area contributed by atoms with Gasteiger partial charge in [-0.05, 0) is 42.7 Å². The standard InChI is InChI=1S/C31H38FN7O4S/c1-42-30-20-25(36-13-10-24(11-14-36)37-16-18-43-19-17-37)6-8-28(30)34-31-33-21-26-7-9-29(39(26)35-31)27-5-3-2-4-23(27)22-38(15-12-32)44(40)41/h2-9,20-21,24H,10-19,22H2,1H3,(H,34,35)(H,40,41). The molecule has 4 aromatic rings. The van der Waals surface area contributed by atoms with Gasteiger partial charge in [0.15, 0.2) is 0 Å². The van der Waals surface area contributed by atoms with Gasteiger partial charge in [0.25, 0.3) is 0 Å². The first-order valence-corrected chi connectivity index (χ1v) is 16.0. The van der Waals surface area contributed by atoms with Crippen LogP contribution in [0.2, 0.25) is 0 Å². The third-order valence-electron chi connectivity index (χ3n) is 8.42. The predicted octanol–water partition coefficient (Wildman–Crippen LogP) is 4.36. The van der Waals surface area contributed by atoms with Crippen LogP contribution in [0.3, 0.4) is 0 Å². The number of nitrogens with zero attached hydrogens (tertiary/aromatic N) is 6. The quantitative estimate of drug-likeness (QED) is 0.236. The second kappa shape index (κ2) is 14.0. The van der Waals surface area contributed by atoms with Gasteiger partial charge < -0.3 is 19.7 Å². The lowest BCUT2D eigenvalue weighted by molar-refractivity contribution is 0.0115. The first-order chi connectivity index (χ1) is 21.5. The maximum Gasteiger partial charge on any atom is 0.245 e. The van der Waals surface area contributed by atoms with Crippen molar-refractivity contribution >= 4 is 34.1 Å². The van der Waals surface area contributed by atoms with Crippen molar-refractivity contribution in [3.8, 4) is 17.0 Å². The first kappa shape index (κ1) is 30.4. The summed E-state index contributed by atoms with van der Waals surface area (Å²) in [5, 5.41) is 8.09. The van der Waals surface area contributed by atoms with E-state index in [1.807, 2.05) is 42.5 Å². The van der Waals surface area contributed by atoms with E-state index in [2.05, 4.69) is 32.2 Å². The number of hydrogen-bond acceptors (Lipinski definition) is 8. The van der Waals surface area contributed by atoms with E-state index in [4.69, 9.17) is 14.6 Å². The Kier molecular flexibility index (Phi) is 9.67. The van der Waals surface area contributed by atoms with Crippen molar-refractivity contribution in [1.82, 2.24) is 23.8 Å². The molecule has 2 aliphatic heterocycles. The molecule has 0 amide bonds. The van der Waals surface area contributed by atoms with Crippen molar-refractivity contribution in [3.05, 3.63) is 66.4 Å². The number of piperidine rings is 1. The van der Waals surface area contributed by atoms with E-state index in [0.29, 0.717) is 17.7 Å². The van der Waals surface area contributed by atoms with E-state index in [1.54, 1.807) is 17.8 Å². The van der Waals surface area contributed by atoms with Gasteiger partial charge in [-0.1, -0.05) is 24.3 Å². The molecule has 2 fully saturated rings. The van der Waals surface area contributed by atoms with E-state index in [1.165, 1.54) is 4.31 Å². The Labute approximate surface area is 259 Å². The van der Waals surface area contributed by atoms with Gasteiger partial charge in [0.05, 0.1) is 43.4 Å². The summed E-state index contributed by atoms with van der Waals surface area (Å²) >= 11 is -2.29. The number of morpholine rings is 1. The van der Waals surface area contributed by atoms with Gasteiger partial charge in [-0.2, -0.15) is 4.31 Å². The summed E-state index contributed by atoms with van der Waals surface area (Å²) in [6.45, 7) is 4.94. The zero-order valence-electron chi connectivity index (χ0n) is 24.8. The summed E-state index contributed by atoms with van der Waals surface area (Å²) in [6.07, 6.45) is 3.99. The number of halogens is 1. The van der Waals surface area contributed by atoms with Gasteiger partial charge in [-0.3, -0.25) is 9.45 Å². The highest BCUT2D eigenvalue weighted by molar-refractivity contribution is 7.76. The maximum absolute atomic E-state index is 13.0. The lowest BCUT2D eigenvalue weighted by atomic mass is 10.0. The third kappa shape index (κ3) is 6.71. The van der Waals surface area contributed by atoms with Crippen LogP contribution in [-0.2, 0) is 22.5 Å². The Morgan fingerprint density at radius 2 is 1.91 bits per heavy atom. The highest BCUT2D eigenvalue weighted by Crippen LogP contribution is 2.33. The lowest BCUT2D eigenvalue weighted by Gasteiger charge is -2.40. The van der Waals surface area contributed by atoms with Crippen molar-refractivity contribution in [2.75, 3.05) is 69.9 Å². The number of hydrogen-bond donors (Lipinski definition) is 2. The Morgan fingerprint density at radius 1 is 1.11 bits per heavy atom. The number of benzene rings is 2. The second-order valence-corrected chi connectivity index (χ2v) is 11.9. The van der Waals surface area contributed by atoms with Crippen LogP contribution < -0.4 is 15.0 Å². The first-order valence-electron chi connectivity index (χ1n) is 14.9. The fourth-order valence-electron chi connectivity index (χ4n) is 6.10. The van der Waals surface area contributed by atoms with E-state index in [9.17, 15) is 13.2 Å². The Balaban J connectivity index is 1.20. The van der Waals surface area contributed by atoms with Crippen LogP contribution in [0.25, 0.3) is 16.8 Å². The highest BCUT2D eigenvalue weighted by atomic mass is 32.2. The molecule has 4 heterocycles. The number of methoxy groups -OCH3 is 1. The summed E-state index contributed by atoms with van der Waals surface area (Å²) < 4.78 is 48.7. The fourth-order valence-corrected chi connectivity index (χ4v) is 6.57. The third-order valence-corrected chi connectivity index (χ3v) is 9.17. The van der Waals surface area contributed by atoms with Crippen molar-refractivity contribution in [3.63, 3.8) is 0 Å². The molecule has 0 aliphatic carbocycles. The summed E-state index contributed by atoms with van der Waals surface area (Å²) in [5.74, 6) is 1.09. The number of fused-ring (bicyclic) bond motifs is 1. The van der Waals surface area contributed by atoms with E-state index in [-0.39, 0.29) is 13.1 Å². The van der Waals surface area contributed by atoms with Crippen molar-refractivity contribution in [2.24, 2.45) is 0 Å². The molecule has 2 aromatic carbocycles. The predicted molar refractivity (Wildman–Crippen MR) is 169 cm³/mol. The number of alkyl halides is 1. The molecule has 11 nitrogen and oxygen atoms in total. The monoisotopic (exact) mass is 623 g/mol. The molecular formula is C31H38FN7O4S. The minimum absolute atomic E-state index is 0.112. The molecule has 2 saturated heterocycles. The zero-order chi connectivity index (χ0) is 30.5. The van der Waals surface area contributed by atoms with Crippen LogP contribution in [0.1, 0.15) is 18.4 Å². The van der Waals surface area contributed by atoms with Crippen LogP contribution in [0.5, 0.6) is 5.75 Å². The summed E-state index contributed by atoms with van der Waals surface area (Å²) in [7, 11) is 1.66. The molecule has 2 N–H and O–H groups in total. The Hall–Kier alpha value is -3.62. The van der Waals surface area contributed by atoms with Crippen molar-refractivity contribution in [1.29, 1.82) is 0 Å². The maximum atomic E-state index is 13.0. The molecule has 234 valence electrons. The van der Waals surface area contributed by atoms with Crippen LogP contribution in [0.4, 0.5) is 21.7 Å². The molecular weight excluding hydrogens is 585 g/mol. The molecule has 0 saturated carbocycles. The van der Waals surface area contributed by atoms with Gasteiger partial charge >= 0.3 is 0 Å². The highest BCUT2D eigenvalue weighted by Gasteiger charge is 2.26. The second-order valence-electron chi connectivity index (χ2n) is 11.0. The number of aromatic nitrogens is 3. The van der Waals surface area contributed by atoms with Crippen molar-refractivity contribution in [2.45, 2.75) is 25.4 Å². The molecule has 6 rings (SSSR count). The minimum atomic E-state index is -2.29. The van der Waals surface area contributed by atoms with E-state index in [0.717, 1.165) is 85.9 Å². The molecule has 1 unspecified atom stereocenters. The fraction of sp³-hybridized carbons (Fsp3) is 0.419. The Morgan fingerprint density at radius 3 is 2.66 bits per heavy atom. The molecule has 0 spiro atoms. The van der Waals surface area contributed by atoms with E-state index >= 15 is 0 Å².